The zero-order valence-corrected chi connectivity index (χ0v) is 7.99. The molecule has 7 nitrogen and oxygen atoms in total. The number of carbonyl (C=O) groups is 1. The molecule has 0 heterocycles. The summed E-state index contributed by atoms with van der Waals surface area (Å²) in [5, 5.41) is 19.6. The quantitative estimate of drug-likeness (QED) is 0.312. The maximum absolute atomic E-state index is 10.6. The lowest BCUT2D eigenvalue weighted by atomic mass is 10.3. The van der Waals surface area contributed by atoms with Gasteiger partial charge in [0.25, 0.3) is 10.1 Å². The van der Waals surface area contributed by atoms with E-state index < -0.39 is 34.1 Å². The number of amides is 1. The van der Waals surface area contributed by atoms with E-state index in [1.165, 1.54) is 0 Å². The minimum atomic E-state index is -4.86. The first-order valence-electron chi connectivity index (χ1n) is 3.47. The number of hydrogen-bond acceptors (Lipinski definition) is 5. The highest BCUT2D eigenvalue weighted by Gasteiger charge is 2.40. The SMILES string of the molecule is C=CC(=O)NCC(O)(CO)S(=O)(=O)O. The molecule has 8 heteroatoms. The van der Waals surface area contributed by atoms with Crippen molar-refractivity contribution in [2.45, 2.75) is 4.93 Å². The molecule has 4 N–H and O–H groups in total. The molecule has 0 rings (SSSR count). The first kappa shape index (κ1) is 13.0. The van der Waals surface area contributed by atoms with Crippen molar-refractivity contribution >= 4 is 16.0 Å². The fourth-order valence-electron chi connectivity index (χ4n) is 0.526. The van der Waals surface area contributed by atoms with Crippen LogP contribution >= 0.6 is 0 Å². The Morgan fingerprint density at radius 2 is 2.07 bits per heavy atom. The lowest BCUT2D eigenvalue weighted by Crippen LogP contribution is -2.51. The largest absolute Gasteiger partial charge is 0.392 e. The predicted molar refractivity (Wildman–Crippen MR) is 46.8 cm³/mol. The van der Waals surface area contributed by atoms with Crippen molar-refractivity contribution in [2.75, 3.05) is 13.2 Å². The smallest absolute Gasteiger partial charge is 0.299 e. The molecule has 0 spiro atoms. The summed E-state index contributed by atoms with van der Waals surface area (Å²) in [6.07, 6.45) is 0.849. The van der Waals surface area contributed by atoms with E-state index in [0.717, 1.165) is 6.08 Å². The second kappa shape index (κ2) is 4.51. The van der Waals surface area contributed by atoms with E-state index in [9.17, 15) is 13.2 Å². The fraction of sp³-hybridized carbons (Fsp3) is 0.500. The lowest BCUT2D eigenvalue weighted by molar-refractivity contribution is -0.117. The van der Waals surface area contributed by atoms with Crippen molar-refractivity contribution in [3.05, 3.63) is 12.7 Å². The summed E-state index contributed by atoms with van der Waals surface area (Å²) in [6, 6.07) is 0. The summed E-state index contributed by atoms with van der Waals surface area (Å²) in [5.41, 5.74) is 0. The van der Waals surface area contributed by atoms with Gasteiger partial charge in [0.1, 0.15) is 0 Å². The molecule has 0 saturated carbocycles. The zero-order chi connectivity index (χ0) is 11.4. The van der Waals surface area contributed by atoms with E-state index in [1.54, 1.807) is 0 Å². The van der Waals surface area contributed by atoms with Gasteiger partial charge in [-0.05, 0) is 6.08 Å². The molecule has 14 heavy (non-hydrogen) atoms. The highest BCUT2D eigenvalue weighted by Crippen LogP contribution is 2.10. The minimum absolute atomic E-state index is 0.736. The van der Waals surface area contributed by atoms with Crippen LogP contribution in [-0.4, -0.2) is 47.2 Å². The van der Waals surface area contributed by atoms with E-state index >= 15 is 0 Å². The number of aliphatic hydroxyl groups excluding tert-OH is 1. The van der Waals surface area contributed by atoms with Gasteiger partial charge in [0.2, 0.25) is 10.8 Å². The van der Waals surface area contributed by atoms with Gasteiger partial charge in [-0.2, -0.15) is 8.42 Å². The molecular formula is C6H11NO6S. The van der Waals surface area contributed by atoms with E-state index in [4.69, 9.17) is 14.8 Å². The van der Waals surface area contributed by atoms with Crippen molar-refractivity contribution < 1.29 is 28.0 Å². The molecule has 1 atom stereocenters. The number of carbonyl (C=O) groups excluding carboxylic acids is 1. The first-order valence-corrected chi connectivity index (χ1v) is 4.91. The van der Waals surface area contributed by atoms with E-state index in [-0.39, 0.29) is 0 Å². The van der Waals surface area contributed by atoms with Crippen LogP contribution < -0.4 is 5.32 Å². The highest BCUT2D eigenvalue weighted by molar-refractivity contribution is 7.87. The van der Waals surface area contributed by atoms with Gasteiger partial charge < -0.3 is 15.5 Å². The molecule has 0 aromatic rings. The van der Waals surface area contributed by atoms with E-state index in [0.29, 0.717) is 0 Å². The Morgan fingerprint density at radius 1 is 1.57 bits per heavy atom. The normalized spacial score (nSPS) is 15.6. The van der Waals surface area contributed by atoms with Gasteiger partial charge in [0.15, 0.2) is 0 Å². The molecule has 1 amide bonds. The molecule has 0 saturated heterocycles. The monoisotopic (exact) mass is 225 g/mol. The Hall–Kier alpha value is -0.960. The topological polar surface area (TPSA) is 124 Å². The van der Waals surface area contributed by atoms with Crippen LogP contribution in [0.5, 0.6) is 0 Å². The summed E-state index contributed by atoms with van der Waals surface area (Å²) in [7, 11) is -4.86. The molecule has 0 radical (unpaired) electrons. The fourth-order valence-corrected chi connectivity index (χ4v) is 0.944. The van der Waals surface area contributed by atoms with Crippen LogP contribution in [0.4, 0.5) is 0 Å². The van der Waals surface area contributed by atoms with Crippen LogP contribution in [0.1, 0.15) is 0 Å². The average molecular weight is 225 g/mol. The summed E-state index contributed by atoms with van der Waals surface area (Å²) in [6.45, 7) is 1.02. The molecule has 0 fully saturated rings. The maximum Gasteiger partial charge on any atom is 0.299 e. The lowest BCUT2D eigenvalue weighted by Gasteiger charge is -2.21. The Morgan fingerprint density at radius 3 is 2.36 bits per heavy atom. The van der Waals surface area contributed by atoms with Crippen LogP contribution in [0.15, 0.2) is 12.7 Å². The van der Waals surface area contributed by atoms with Crippen LogP contribution in [0.2, 0.25) is 0 Å². The average Bonchev–Trinajstić information content (AvgIpc) is 2.11. The molecule has 0 bridgehead atoms. The second-order valence-electron chi connectivity index (χ2n) is 2.50. The van der Waals surface area contributed by atoms with Crippen molar-refractivity contribution in [1.82, 2.24) is 5.32 Å². The van der Waals surface area contributed by atoms with Gasteiger partial charge >= 0.3 is 0 Å². The van der Waals surface area contributed by atoms with Crippen LogP contribution in [0.25, 0.3) is 0 Å². The van der Waals surface area contributed by atoms with Crippen molar-refractivity contribution in [3.8, 4) is 0 Å². The van der Waals surface area contributed by atoms with E-state index in [1.807, 2.05) is 5.32 Å². The molecule has 0 aliphatic rings. The standard InChI is InChI=1S/C6H11NO6S/c1-2-5(9)7-3-6(10,4-8)14(11,12)13/h2,8,10H,1,3-4H2,(H,7,9)(H,11,12,13). The summed E-state index contributed by atoms with van der Waals surface area (Å²) in [4.78, 5) is 7.82. The third-order valence-electron chi connectivity index (χ3n) is 1.45. The van der Waals surface area contributed by atoms with Gasteiger partial charge in [0, 0.05) is 0 Å². The Kier molecular flexibility index (Phi) is 4.20. The van der Waals surface area contributed by atoms with Gasteiger partial charge in [-0.25, -0.2) is 0 Å². The molecule has 0 aromatic carbocycles. The van der Waals surface area contributed by atoms with Gasteiger partial charge in [-0.3, -0.25) is 9.35 Å². The first-order chi connectivity index (χ1) is 6.27. The Balaban J connectivity index is 4.59. The van der Waals surface area contributed by atoms with Crippen LogP contribution in [0, 0.1) is 0 Å². The van der Waals surface area contributed by atoms with Crippen molar-refractivity contribution in [3.63, 3.8) is 0 Å². The Bertz CT molecular complexity index is 323. The molecule has 0 aliphatic heterocycles. The van der Waals surface area contributed by atoms with Crippen molar-refractivity contribution in [1.29, 1.82) is 0 Å². The van der Waals surface area contributed by atoms with Crippen molar-refractivity contribution in [2.24, 2.45) is 0 Å². The zero-order valence-electron chi connectivity index (χ0n) is 7.17. The molecular weight excluding hydrogens is 214 g/mol. The summed E-state index contributed by atoms with van der Waals surface area (Å²) >= 11 is 0. The second-order valence-corrected chi connectivity index (χ2v) is 4.21. The highest BCUT2D eigenvalue weighted by atomic mass is 32.2. The molecule has 1 unspecified atom stereocenters. The summed E-state index contributed by atoms with van der Waals surface area (Å²) in [5.74, 6) is -0.736. The van der Waals surface area contributed by atoms with Gasteiger partial charge in [0.05, 0.1) is 13.2 Å². The Labute approximate surface area is 80.8 Å². The molecule has 0 aliphatic carbocycles. The van der Waals surface area contributed by atoms with Gasteiger partial charge in [-0.15, -0.1) is 0 Å². The summed E-state index contributed by atoms with van der Waals surface area (Å²) < 4.78 is 29.6. The minimum Gasteiger partial charge on any atom is -0.392 e. The third-order valence-corrected chi connectivity index (χ3v) is 2.69. The van der Waals surface area contributed by atoms with Gasteiger partial charge in [-0.1, -0.05) is 6.58 Å². The maximum atomic E-state index is 10.6. The number of nitrogens with one attached hydrogen (secondary N) is 1. The number of rotatable bonds is 5. The van der Waals surface area contributed by atoms with Crippen LogP contribution in [-0.2, 0) is 14.9 Å². The number of hydrogen-bond donors (Lipinski definition) is 4. The predicted octanol–water partition coefficient (Wildman–Crippen LogP) is -2.14. The number of aliphatic hydroxyl groups is 2. The molecule has 0 aromatic heterocycles. The molecule has 82 valence electrons. The van der Waals surface area contributed by atoms with E-state index in [2.05, 4.69) is 6.58 Å². The van der Waals surface area contributed by atoms with Crippen LogP contribution in [0.3, 0.4) is 0 Å². The third kappa shape index (κ3) is 3.07.